The van der Waals surface area contributed by atoms with Crippen LogP contribution < -0.4 is 5.32 Å². The molecule has 7 heteroatoms. The molecule has 0 aromatic heterocycles. The van der Waals surface area contributed by atoms with Crippen LogP contribution in [0.4, 0.5) is 8.78 Å². The van der Waals surface area contributed by atoms with Crippen molar-refractivity contribution in [1.82, 2.24) is 10.2 Å². The van der Waals surface area contributed by atoms with Crippen LogP contribution in [0.25, 0.3) is 0 Å². The van der Waals surface area contributed by atoms with E-state index in [2.05, 4.69) is 15.4 Å². The van der Waals surface area contributed by atoms with Gasteiger partial charge in [-0.05, 0) is 38.9 Å². The zero-order chi connectivity index (χ0) is 14.7. The molecule has 0 spiro atoms. The molecule has 3 rings (SSSR count). The van der Waals surface area contributed by atoms with Gasteiger partial charge in [-0.2, -0.15) is 0 Å². The first-order chi connectivity index (χ1) is 10.1. The lowest BCUT2D eigenvalue weighted by atomic mass is 9.93. The molecule has 0 amide bonds. The maximum absolute atomic E-state index is 13.9. The first kappa shape index (κ1) is 15.0. The first-order valence-corrected chi connectivity index (χ1v) is 7.82. The highest BCUT2D eigenvalue weighted by Crippen LogP contribution is 2.32. The topological polar surface area (TPSA) is 46.1 Å². The van der Waals surface area contributed by atoms with Crippen LogP contribution in [0.2, 0.25) is 0 Å². The van der Waals surface area contributed by atoms with Gasteiger partial charge < -0.3 is 14.9 Å². The van der Waals surface area contributed by atoms with E-state index in [9.17, 15) is 8.78 Å². The minimum Gasteiger partial charge on any atom is -0.470 e. The third-order valence-corrected chi connectivity index (χ3v) is 4.39. The van der Waals surface area contributed by atoms with Gasteiger partial charge in [-0.15, -0.1) is 0 Å². The number of halogens is 2. The van der Waals surface area contributed by atoms with Crippen LogP contribution in [0.5, 0.6) is 0 Å². The fourth-order valence-electron chi connectivity index (χ4n) is 3.22. The van der Waals surface area contributed by atoms with Crippen molar-refractivity contribution < 1.29 is 18.4 Å². The fraction of sp³-hybridized carbons (Fsp3) is 0.929. The molecule has 0 radical (unpaired) electrons. The number of alkyl halides is 2. The Hall–Kier alpha value is -0.950. The molecule has 21 heavy (non-hydrogen) atoms. The average Bonchev–Trinajstić information content (AvgIpc) is 2.48. The van der Waals surface area contributed by atoms with E-state index >= 15 is 0 Å². The lowest BCUT2D eigenvalue weighted by Crippen LogP contribution is -2.52. The number of likely N-dealkylation sites (tertiary alicyclic amines) is 1. The predicted molar refractivity (Wildman–Crippen MR) is 74.5 cm³/mol. The lowest BCUT2D eigenvalue weighted by Gasteiger charge is -2.36. The molecule has 5 nitrogen and oxygen atoms in total. The second kappa shape index (κ2) is 6.44. The molecule has 2 fully saturated rings. The Bertz CT molecular complexity index is 386. The van der Waals surface area contributed by atoms with E-state index in [0.29, 0.717) is 19.6 Å². The van der Waals surface area contributed by atoms with Crippen molar-refractivity contribution in [2.75, 3.05) is 39.3 Å². The number of rotatable bonds is 3. The molecule has 2 atom stereocenters. The first-order valence-electron chi connectivity index (χ1n) is 7.82. The van der Waals surface area contributed by atoms with Gasteiger partial charge in [-0.3, -0.25) is 4.90 Å². The summed E-state index contributed by atoms with van der Waals surface area (Å²) < 4.78 is 33.6. The van der Waals surface area contributed by atoms with Crippen LogP contribution in [0.15, 0.2) is 5.16 Å². The summed E-state index contributed by atoms with van der Waals surface area (Å²) in [6, 6.07) is 0. The summed E-state index contributed by atoms with van der Waals surface area (Å²) in [5.41, 5.74) is 0. The molecular weight excluding hydrogens is 280 g/mol. The normalized spacial score (nSPS) is 33.7. The van der Waals surface area contributed by atoms with Gasteiger partial charge in [0.15, 0.2) is 6.61 Å². The van der Waals surface area contributed by atoms with Gasteiger partial charge in [0.1, 0.15) is 12.0 Å². The molecule has 120 valence electrons. The summed E-state index contributed by atoms with van der Waals surface area (Å²) in [6.07, 6.45) is 3.79. The summed E-state index contributed by atoms with van der Waals surface area (Å²) in [7, 11) is 0. The number of piperidine rings is 2. The van der Waals surface area contributed by atoms with E-state index in [4.69, 9.17) is 9.57 Å². The average molecular weight is 303 g/mol. The second-order valence-corrected chi connectivity index (χ2v) is 6.11. The molecule has 2 unspecified atom stereocenters. The number of oxime groups is 1. The quantitative estimate of drug-likeness (QED) is 0.857. The molecule has 0 aliphatic carbocycles. The summed E-state index contributed by atoms with van der Waals surface area (Å²) in [5.74, 6) is -3.72. The maximum atomic E-state index is 13.9. The van der Waals surface area contributed by atoms with E-state index in [1.807, 2.05) is 0 Å². The molecular formula is C14H23F2N3O2. The Labute approximate surface area is 123 Å². The van der Waals surface area contributed by atoms with Gasteiger partial charge in [0.25, 0.3) is 5.92 Å². The summed E-state index contributed by atoms with van der Waals surface area (Å²) in [4.78, 5) is 7.49. The number of nitrogens with zero attached hydrogens (tertiary/aromatic N) is 2. The Balaban J connectivity index is 1.58. The predicted octanol–water partition coefficient (Wildman–Crippen LogP) is 1.45. The molecule has 0 bridgehead atoms. The van der Waals surface area contributed by atoms with Crippen LogP contribution in [0.3, 0.4) is 0 Å². The number of hydrogen-bond donors (Lipinski definition) is 1. The van der Waals surface area contributed by atoms with E-state index in [1.54, 1.807) is 0 Å². The molecule has 0 aromatic rings. The highest BCUT2D eigenvalue weighted by Gasteiger charge is 2.47. The summed E-state index contributed by atoms with van der Waals surface area (Å²) in [5, 5.41) is 6.47. The van der Waals surface area contributed by atoms with Crippen molar-refractivity contribution >= 4 is 5.90 Å². The molecule has 1 N–H and O–H groups in total. The Morgan fingerprint density at radius 2 is 2.10 bits per heavy atom. The van der Waals surface area contributed by atoms with Crippen molar-refractivity contribution in [2.24, 2.45) is 11.1 Å². The van der Waals surface area contributed by atoms with Gasteiger partial charge >= 0.3 is 0 Å². The maximum Gasteiger partial charge on any atom is 0.271 e. The van der Waals surface area contributed by atoms with Crippen molar-refractivity contribution in [3.8, 4) is 0 Å². The van der Waals surface area contributed by atoms with Crippen molar-refractivity contribution in [2.45, 2.75) is 37.7 Å². The standard InChI is InChI=1S/C14H23F2N3O2/c15-14(16)10-17-5-4-12(14)13-18-20-9-11(21-13)8-19-6-2-1-3-7-19/h11-12,17H,1-10H2. The van der Waals surface area contributed by atoms with E-state index in [0.717, 1.165) is 19.6 Å². The monoisotopic (exact) mass is 303 g/mol. The molecule has 0 aromatic carbocycles. The zero-order valence-electron chi connectivity index (χ0n) is 12.2. The summed E-state index contributed by atoms with van der Waals surface area (Å²) in [6.45, 7) is 3.41. The highest BCUT2D eigenvalue weighted by atomic mass is 19.3. The van der Waals surface area contributed by atoms with Gasteiger partial charge in [0, 0.05) is 6.54 Å². The third kappa shape index (κ3) is 3.63. The van der Waals surface area contributed by atoms with Crippen molar-refractivity contribution in [3.63, 3.8) is 0 Å². The Kier molecular flexibility index (Phi) is 4.59. The lowest BCUT2D eigenvalue weighted by molar-refractivity contribution is -0.0741. The van der Waals surface area contributed by atoms with Gasteiger partial charge in [-0.25, -0.2) is 8.78 Å². The van der Waals surface area contributed by atoms with Crippen LogP contribution >= 0.6 is 0 Å². The number of nitrogens with one attached hydrogen (secondary N) is 1. The molecule has 0 saturated carbocycles. The zero-order valence-corrected chi connectivity index (χ0v) is 12.2. The molecule has 2 saturated heterocycles. The third-order valence-electron chi connectivity index (χ3n) is 4.39. The number of ether oxygens (including phenoxy) is 1. The molecule has 3 aliphatic rings. The Morgan fingerprint density at radius 3 is 2.86 bits per heavy atom. The fourth-order valence-corrected chi connectivity index (χ4v) is 3.22. The minimum atomic E-state index is -2.83. The SMILES string of the molecule is FC1(F)CNCCC1C1=NOCC(CN2CCCCC2)O1. The highest BCUT2D eigenvalue weighted by molar-refractivity contribution is 5.80. The number of hydrogen-bond acceptors (Lipinski definition) is 5. The Morgan fingerprint density at radius 1 is 1.29 bits per heavy atom. The smallest absolute Gasteiger partial charge is 0.271 e. The molecule has 3 heterocycles. The van der Waals surface area contributed by atoms with Gasteiger partial charge in [0.2, 0.25) is 5.90 Å². The van der Waals surface area contributed by atoms with E-state index < -0.39 is 11.8 Å². The van der Waals surface area contributed by atoms with Crippen LogP contribution in [-0.4, -0.2) is 62.2 Å². The van der Waals surface area contributed by atoms with Crippen molar-refractivity contribution in [1.29, 1.82) is 0 Å². The van der Waals surface area contributed by atoms with Crippen LogP contribution in [0, 0.1) is 5.92 Å². The van der Waals surface area contributed by atoms with E-state index in [-0.39, 0.29) is 18.5 Å². The van der Waals surface area contributed by atoms with Crippen LogP contribution in [-0.2, 0) is 9.57 Å². The van der Waals surface area contributed by atoms with E-state index in [1.165, 1.54) is 19.3 Å². The van der Waals surface area contributed by atoms with Gasteiger partial charge in [0.05, 0.1) is 6.54 Å². The molecule has 3 aliphatic heterocycles. The largest absolute Gasteiger partial charge is 0.470 e. The van der Waals surface area contributed by atoms with Crippen molar-refractivity contribution in [3.05, 3.63) is 0 Å². The van der Waals surface area contributed by atoms with Gasteiger partial charge in [-0.1, -0.05) is 11.6 Å². The van der Waals surface area contributed by atoms with Crippen LogP contribution in [0.1, 0.15) is 25.7 Å². The summed E-state index contributed by atoms with van der Waals surface area (Å²) >= 11 is 0. The minimum absolute atomic E-state index is 0.0785. The second-order valence-electron chi connectivity index (χ2n) is 6.11.